The second-order valence-corrected chi connectivity index (χ2v) is 3.25. The van der Waals surface area contributed by atoms with Crippen molar-refractivity contribution in [2.24, 2.45) is 0 Å². The number of rotatable bonds is 5. The summed E-state index contributed by atoms with van der Waals surface area (Å²) in [5.41, 5.74) is 0. The molecule has 0 radical (unpaired) electrons. The summed E-state index contributed by atoms with van der Waals surface area (Å²) in [6, 6.07) is -0.145. The van der Waals surface area contributed by atoms with Gasteiger partial charge in [-0.1, -0.05) is 6.92 Å². The Morgan fingerprint density at radius 3 is 2.55 bits per heavy atom. The van der Waals surface area contributed by atoms with E-state index in [2.05, 4.69) is 4.72 Å². The van der Waals surface area contributed by atoms with Crippen molar-refractivity contribution < 1.29 is 13.9 Å². The molecule has 0 aromatic carbocycles. The minimum Gasteiger partial charge on any atom is -0.760 e. The molecule has 68 valence electrons. The summed E-state index contributed by atoms with van der Waals surface area (Å²) < 4.78 is 22.6. The smallest absolute Gasteiger partial charge is 0.0527 e. The van der Waals surface area contributed by atoms with Crippen LogP contribution in [0.15, 0.2) is 0 Å². The number of hydrogen-bond donors (Lipinski definition) is 2. The quantitative estimate of drug-likeness (QED) is 0.581. The fraction of sp³-hybridized carbons (Fsp3) is 1.00. The van der Waals surface area contributed by atoms with E-state index in [0.717, 1.165) is 0 Å². The van der Waals surface area contributed by atoms with Crippen LogP contribution in [-0.2, 0) is 11.3 Å². The molecule has 0 aromatic heterocycles. The van der Waals surface area contributed by atoms with E-state index in [1.807, 2.05) is 6.92 Å². The van der Waals surface area contributed by atoms with E-state index in [4.69, 9.17) is 5.11 Å². The number of nitrogens with one attached hydrogen (secondary N) is 1. The third-order valence-corrected chi connectivity index (χ3v) is 1.91. The minimum absolute atomic E-state index is 0.145. The van der Waals surface area contributed by atoms with Crippen LogP contribution in [0.25, 0.3) is 0 Å². The van der Waals surface area contributed by atoms with Crippen LogP contribution < -0.4 is 4.72 Å². The van der Waals surface area contributed by atoms with Gasteiger partial charge in [0.25, 0.3) is 0 Å². The zero-order valence-corrected chi connectivity index (χ0v) is 7.56. The third-order valence-electron chi connectivity index (χ3n) is 1.38. The van der Waals surface area contributed by atoms with Gasteiger partial charge in [-0.2, -0.15) is 0 Å². The Labute approximate surface area is 69.4 Å². The molecular weight excluding hydrogens is 166 g/mol. The molecule has 2 N–H and O–H groups in total. The average Bonchev–Trinajstić information content (AvgIpc) is 1.84. The first-order valence-electron chi connectivity index (χ1n) is 3.59. The maximum atomic E-state index is 10.2. The van der Waals surface area contributed by atoms with Gasteiger partial charge < -0.3 is 9.66 Å². The standard InChI is InChI=1S/C6H15NO3S/c1-3-6(4-5(2)8)7-11(9)10/h5-8H,3-4H2,1-2H3,(H,9,10)/p-1. The van der Waals surface area contributed by atoms with Gasteiger partial charge >= 0.3 is 0 Å². The van der Waals surface area contributed by atoms with Gasteiger partial charge in [-0.05, 0) is 19.8 Å². The zero-order chi connectivity index (χ0) is 8.85. The number of aliphatic hydroxyl groups excluding tert-OH is 1. The first kappa shape index (κ1) is 11.0. The van der Waals surface area contributed by atoms with Gasteiger partial charge in [0.15, 0.2) is 0 Å². The Kier molecular flexibility index (Phi) is 5.67. The van der Waals surface area contributed by atoms with Gasteiger partial charge in [0.05, 0.1) is 6.10 Å². The lowest BCUT2D eigenvalue weighted by atomic mass is 10.1. The van der Waals surface area contributed by atoms with Crippen molar-refractivity contribution >= 4 is 11.3 Å². The van der Waals surface area contributed by atoms with Crippen LogP contribution >= 0.6 is 0 Å². The van der Waals surface area contributed by atoms with Crippen molar-refractivity contribution in [1.29, 1.82) is 0 Å². The molecule has 0 aliphatic carbocycles. The summed E-state index contributed by atoms with van der Waals surface area (Å²) in [5, 5.41) is 8.93. The summed E-state index contributed by atoms with van der Waals surface area (Å²) in [5.74, 6) is 0. The first-order chi connectivity index (χ1) is 5.06. The Balaban J connectivity index is 3.66. The topological polar surface area (TPSA) is 72.4 Å². The van der Waals surface area contributed by atoms with Crippen molar-refractivity contribution in [3.63, 3.8) is 0 Å². The summed E-state index contributed by atoms with van der Waals surface area (Å²) in [7, 11) is 0. The Hall–Kier alpha value is 0.0300. The summed E-state index contributed by atoms with van der Waals surface area (Å²) in [6.07, 6.45) is 0.694. The van der Waals surface area contributed by atoms with Gasteiger partial charge in [-0.3, -0.25) is 4.21 Å². The molecule has 0 saturated heterocycles. The maximum absolute atomic E-state index is 10.2. The molecule has 0 aromatic rings. The van der Waals surface area contributed by atoms with E-state index in [1.165, 1.54) is 0 Å². The van der Waals surface area contributed by atoms with E-state index in [-0.39, 0.29) is 6.04 Å². The molecule has 0 saturated carbocycles. The van der Waals surface area contributed by atoms with Crippen LogP contribution in [0, 0.1) is 0 Å². The molecular formula is C6H14NO3S-. The molecule has 0 aliphatic rings. The van der Waals surface area contributed by atoms with Crippen LogP contribution in [0.2, 0.25) is 0 Å². The fourth-order valence-electron chi connectivity index (χ4n) is 0.846. The lowest BCUT2D eigenvalue weighted by Crippen LogP contribution is -2.32. The molecule has 3 unspecified atom stereocenters. The largest absolute Gasteiger partial charge is 0.760 e. The van der Waals surface area contributed by atoms with E-state index >= 15 is 0 Å². The van der Waals surface area contributed by atoms with Gasteiger partial charge in [0, 0.05) is 17.3 Å². The lowest BCUT2D eigenvalue weighted by Gasteiger charge is -2.19. The Bertz CT molecular complexity index is 129. The van der Waals surface area contributed by atoms with Gasteiger partial charge in [-0.15, -0.1) is 0 Å². The maximum Gasteiger partial charge on any atom is 0.0527 e. The van der Waals surface area contributed by atoms with Crippen LogP contribution in [0.1, 0.15) is 26.7 Å². The van der Waals surface area contributed by atoms with E-state index in [9.17, 15) is 8.76 Å². The van der Waals surface area contributed by atoms with E-state index < -0.39 is 17.4 Å². The summed E-state index contributed by atoms with van der Waals surface area (Å²) >= 11 is -2.22. The predicted molar refractivity (Wildman–Crippen MR) is 42.4 cm³/mol. The second-order valence-electron chi connectivity index (χ2n) is 2.54. The molecule has 0 amide bonds. The summed E-state index contributed by atoms with van der Waals surface area (Å²) in [6.45, 7) is 3.50. The van der Waals surface area contributed by atoms with Crippen LogP contribution in [0.5, 0.6) is 0 Å². The zero-order valence-electron chi connectivity index (χ0n) is 6.74. The molecule has 0 rings (SSSR count). The molecule has 0 heterocycles. The van der Waals surface area contributed by atoms with Crippen molar-refractivity contribution in [2.45, 2.75) is 38.8 Å². The molecule has 4 nitrogen and oxygen atoms in total. The molecule has 11 heavy (non-hydrogen) atoms. The molecule has 0 aliphatic heterocycles. The highest BCUT2D eigenvalue weighted by atomic mass is 32.2. The minimum atomic E-state index is -2.22. The van der Waals surface area contributed by atoms with E-state index in [0.29, 0.717) is 12.8 Å². The number of hydrogen-bond acceptors (Lipinski definition) is 3. The fourth-order valence-corrected chi connectivity index (χ4v) is 1.38. The van der Waals surface area contributed by atoms with E-state index in [1.54, 1.807) is 6.92 Å². The van der Waals surface area contributed by atoms with Crippen molar-refractivity contribution in [1.82, 2.24) is 4.72 Å². The SMILES string of the molecule is CCC(CC(C)O)NS(=O)[O-]. The summed E-state index contributed by atoms with van der Waals surface area (Å²) in [4.78, 5) is 0. The van der Waals surface area contributed by atoms with Crippen LogP contribution in [0.4, 0.5) is 0 Å². The highest BCUT2D eigenvalue weighted by Crippen LogP contribution is 2.01. The van der Waals surface area contributed by atoms with Crippen molar-refractivity contribution in [3.05, 3.63) is 0 Å². The lowest BCUT2D eigenvalue weighted by molar-refractivity contribution is 0.171. The van der Waals surface area contributed by atoms with Gasteiger partial charge in [0.1, 0.15) is 0 Å². The molecule has 0 bridgehead atoms. The number of aliphatic hydroxyl groups is 1. The van der Waals surface area contributed by atoms with Gasteiger partial charge in [-0.25, -0.2) is 4.72 Å². The highest BCUT2D eigenvalue weighted by Gasteiger charge is 2.08. The molecule has 0 fully saturated rings. The van der Waals surface area contributed by atoms with Crippen LogP contribution in [-0.4, -0.2) is 26.0 Å². The highest BCUT2D eigenvalue weighted by molar-refractivity contribution is 7.77. The Morgan fingerprint density at radius 1 is 1.73 bits per heavy atom. The monoisotopic (exact) mass is 180 g/mol. The second kappa shape index (κ2) is 5.65. The predicted octanol–water partition coefficient (Wildman–Crippen LogP) is -0.0804. The first-order valence-corrected chi connectivity index (χ1v) is 4.67. The van der Waals surface area contributed by atoms with Crippen LogP contribution in [0.3, 0.4) is 0 Å². The third kappa shape index (κ3) is 6.43. The van der Waals surface area contributed by atoms with Crippen molar-refractivity contribution in [3.8, 4) is 0 Å². The van der Waals surface area contributed by atoms with Gasteiger partial charge in [0.2, 0.25) is 0 Å². The van der Waals surface area contributed by atoms with Crippen molar-refractivity contribution in [2.75, 3.05) is 0 Å². The average molecular weight is 180 g/mol. The molecule has 0 spiro atoms. The molecule has 5 heteroatoms. The Morgan fingerprint density at radius 2 is 2.27 bits per heavy atom. The normalized spacial score (nSPS) is 19.3. The molecule has 3 atom stereocenters.